The Morgan fingerprint density at radius 1 is 1.67 bits per heavy atom. The first kappa shape index (κ1) is 9.40. The number of hydrogen-bond acceptors (Lipinski definition) is 4. The lowest BCUT2D eigenvalue weighted by Gasteiger charge is -2.01. The zero-order chi connectivity index (χ0) is 10.8. The molecule has 2 rings (SSSR count). The molecular weight excluding hydrogens is 194 g/mol. The number of rotatable bonds is 2. The zero-order valence-electron chi connectivity index (χ0n) is 8.19. The first-order chi connectivity index (χ1) is 7.24. The molecule has 0 aliphatic carbocycles. The largest absolute Gasteiger partial charge is 0.278 e. The second-order valence-electron chi connectivity index (χ2n) is 3.16. The molecule has 0 aliphatic rings. The van der Waals surface area contributed by atoms with Crippen LogP contribution >= 0.6 is 0 Å². The first-order valence-electron chi connectivity index (χ1n) is 4.52. The summed E-state index contributed by atoms with van der Waals surface area (Å²) in [5.74, 6) is 0.359. The molecule has 76 valence electrons. The summed E-state index contributed by atoms with van der Waals surface area (Å²) >= 11 is 0. The van der Waals surface area contributed by atoms with Crippen molar-refractivity contribution in [3.8, 4) is 6.07 Å². The molecule has 0 radical (unpaired) electrons. The van der Waals surface area contributed by atoms with Crippen molar-refractivity contribution in [3.05, 3.63) is 27.9 Å². The molecule has 0 amide bonds. The molecule has 0 aromatic carbocycles. The maximum Gasteiger partial charge on any atom is 0.277 e. The van der Waals surface area contributed by atoms with Gasteiger partial charge in [-0.05, 0) is 13.3 Å². The Morgan fingerprint density at radius 2 is 2.47 bits per heavy atom. The Labute approximate surface area is 85.2 Å². The summed E-state index contributed by atoms with van der Waals surface area (Å²) in [7, 11) is 0. The maximum atomic E-state index is 11.9. The van der Waals surface area contributed by atoms with E-state index in [1.54, 1.807) is 6.92 Å². The van der Waals surface area contributed by atoms with Crippen LogP contribution in [0, 0.1) is 18.3 Å². The molecule has 6 heteroatoms. The second-order valence-corrected chi connectivity index (χ2v) is 3.16. The molecule has 1 N–H and O–H groups in total. The van der Waals surface area contributed by atoms with E-state index in [-0.39, 0.29) is 5.56 Å². The van der Waals surface area contributed by atoms with Gasteiger partial charge in [-0.1, -0.05) is 0 Å². The predicted molar refractivity (Wildman–Crippen MR) is 52.3 cm³/mol. The minimum Gasteiger partial charge on any atom is -0.278 e. The van der Waals surface area contributed by atoms with E-state index in [9.17, 15) is 4.79 Å². The van der Waals surface area contributed by atoms with Crippen molar-refractivity contribution in [3.63, 3.8) is 0 Å². The molecule has 0 unspecified atom stereocenters. The Hall–Kier alpha value is -2.16. The van der Waals surface area contributed by atoms with Gasteiger partial charge in [-0.25, -0.2) is 9.97 Å². The standard InChI is InChI=1S/C9H9N5O/c1-6-7(3-2-4-10)8(15)14-9(13-6)11-5-12-14/h5H,2-3H2,1H3,(H,11,12,13). The van der Waals surface area contributed by atoms with E-state index < -0.39 is 0 Å². The molecule has 0 bridgehead atoms. The van der Waals surface area contributed by atoms with Crippen molar-refractivity contribution < 1.29 is 0 Å². The fourth-order valence-corrected chi connectivity index (χ4v) is 1.46. The van der Waals surface area contributed by atoms with Crippen molar-refractivity contribution in [1.29, 1.82) is 5.26 Å². The fourth-order valence-electron chi connectivity index (χ4n) is 1.46. The minimum atomic E-state index is -0.176. The second kappa shape index (κ2) is 3.53. The van der Waals surface area contributed by atoms with Gasteiger partial charge >= 0.3 is 0 Å². The lowest BCUT2D eigenvalue weighted by molar-refractivity contribution is 0.837. The number of nitrogens with zero attached hydrogens (tertiary/aromatic N) is 4. The van der Waals surface area contributed by atoms with Crippen LogP contribution < -0.4 is 5.56 Å². The van der Waals surface area contributed by atoms with Crippen LogP contribution in [0.2, 0.25) is 0 Å². The summed E-state index contributed by atoms with van der Waals surface area (Å²) in [6.07, 6.45) is 2.16. The Kier molecular flexibility index (Phi) is 2.21. The van der Waals surface area contributed by atoms with Crippen molar-refractivity contribution in [2.45, 2.75) is 19.8 Å². The molecule has 6 nitrogen and oxygen atoms in total. The third-order valence-electron chi connectivity index (χ3n) is 2.22. The lowest BCUT2D eigenvalue weighted by Crippen LogP contribution is -2.21. The van der Waals surface area contributed by atoms with Crippen LogP contribution in [0.1, 0.15) is 17.7 Å². The molecule has 0 saturated carbocycles. The fraction of sp³-hybridized carbons (Fsp3) is 0.333. The summed E-state index contributed by atoms with van der Waals surface area (Å²) in [6.45, 7) is 1.75. The quantitative estimate of drug-likeness (QED) is 0.754. The molecule has 0 spiro atoms. The van der Waals surface area contributed by atoms with Crippen LogP contribution in [-0.4, -0.2) is 19.6 Å². The molecule has 0 aliphatic heterocycles. The van der Waals surface area contributed by atoms with Crippen LogP contribution in [-0.2, 0) is 6.42 Å². The number of aromatic nitrogens is 4. The first-order valence-corrected chi connectivity index (χ1v) is 4.52. The molecule has 0 atom stereocenters. The van der Waals surface area contributed by atoms with Gasteiger partial charge in [0.25, 0.3) is 11.3 Å². The van der Waals surface area contributed by atoms with Crippen LogP contribution in [0.15, 0.2) is 11.1 Å². The summed E-state index contributed by atoms with van der Waals surface area (Å²) < 4.78 is 1.28. The Bertz CT molecular complexity index is 589. The van der Waals surface area contributed by atoms with Gasteiger partial charge in [-0.3, -0.25) is 9.89 Å². The number of hydrogen-bond donors (Lipinski definition) is 1. The number of H-pyrrole nitrogens is 1. The van der Waals surface area contributed by atoms with E-state index in [0.29, 0.717) is 29.9 Å². The van der Waals surface area contributed by atoms with Crippen LogP contribution in [0.3, 0.4) is 0 Å². The molecule has 0 saturated heterocycles. The van der Waals surface area contributed by atoms with Gasteiger partial charge < -0.3 is 0 Å². The topological polar surface area (TPSA) is 86.8 Å². The Balaban J connectivity index is 2.63. The van der Waals surface area contributed by atoms with Gasteiger partial charge in [0.05, 0.1) is 11.8 Å². The molecule has 0 fully saturated rings. The SMILES string of the molecule is Cc1nc2nc[nH]n2c(=O)c1CCC#N. The highest BCUT2D eigenvalue weighted by Gasteiger charge is 2.10. The lowest BCUT2D eigenvalue weighted by atomic mass is 10.1. The number of aryl methyl sites for hydroxylation is 1. The maximum absolute atomic E-state index is 11.9. The smallest absolute Gasteiger partial charge is 0.277 e. The summed E-state index contributed by atoms with van der Waals surface area (Å²) in [5, 5.41) is 11.2. The molecule has 15 heavy (non-hydrogen) atoms. The molecule has 2 aromatic rings. The van der Waals surface area contributed by atoms with E-state index in [1.807, 2.05) is 6.07 Å². The van der Waals surface area contributed by atoms with Crippen molar-refractivity contribution in [2.24, 2.45) is 0 Å². The van der Waals surface area contributed by atoms with Gasteiger partial charge in [0.2, 0.25) is 0 Å². The molecule has 2 heterocycles. The molecular formula is C9H9N5O. The van der Waals surface area contributed by atoms with Gasteiger partial charge in [0.1, 0.15) is 6.33 Å². The van der Waals surface area contributed by atoms with Crippen molar-refractivity contribution in [2.75, 3.05) is 0 Å². The van der Waals surface area contributed by atoms with E-state index in [1.165, 1.54) is 10.8 Å². The monoisotopic (exact) mass is 203 g/mol. The number of aromatic amines is 1. The van der Waals surface area contributed by atoms with Gasteiger partial charge in [-0.15, -0.1) is 0 Å². The highest BCUT2D eigenvalue weighted by molar-refractivity contribution is 5.30. The van der Waals surface area contributed by atoms with Crippen LogP contribution in [0.25, 0.3) is 5.78 Å². The third kappa shape index (κ3) is 1.48. The van der Waals surface area contributed by atoms with E-state index in [0.717, 1.165) is 0 Å². The highest BCUT2D eigenvalue weighted by atomic mass is 16.1. The van der Waals surface area contributed by atoms with Gasteiger partial charge in [0.15, 0.2) is 0 Å². The normalized spacial score (nSPS) is 10.4. The minimum absolute atomic E-state index is 0.176. The summed E-state index contributed by atoms with van der Waals surface area (Å²) in [5.41, 5.74) is 1.03. The molecule has 2 aromatic heterocycles. The van der Waals surface area contributed by atoms with Crippen LogP contribution in [0.4, 0.5) is 0 Å². The van der Waals surface area contributed by atoms with Gasteiger partial charge in [0, 0.05) is 12.0 Å². The van der Waals surface area contributed by atoms with E-state index in [2.05, 4.69) is 15.1 Å². The number of nitriles is 1. The summed E-state index contributed by atoms with van der Waals surface area (Å²) in [6, 6.07) is 2.01. The average molecular weight is 203 g/mol. The average Bonchev–Trinajstić information content (AvgIpc) is 2.65. The van der Waals surface area contributed by atoms with Crippen molar-refractivity contribution >= 4 is 5.78 Å². The van der Waals surface area contributed by atoms with Crippen molar-refractivity contribution in [1.82, 2.24) is 19.6 Å². The van der Waals surface area contributed by atoms with E-state index >= 15 is 0 Å². The van der Waals surface area contributed by atoms with Gasteiger partial charge in [-0.2, -0.15) is 9.78 Å². The highest BCUT2D eigenvalue weighted by Crippen LogP contribution is 2.03. The Morgan fingerprint density at radius 3 is 3.20 bits per heavy atom. The van der Waals surface area contributed by atoms with E-state index in [4.69, 9.17) is 5.26 Å². The summed E-state index contributed by atoms with van der Waals surface area (Å²) in [4.78, 5) is 19.9. The number of nitrogens with one attached hydrogen (secondary N) is 1. The third-order valence-corrected chi connectivity index (χ3v) is 2.22. The van der Waals surface area contributed by atoms with Crippen LogP contribution in [0.5, 0.6) is 0 Å². The predicted octanol–water partition coefficient (Wildman–Crippen LogP) is 0.182. The number of fused-ring (bicyclic) bond motifs is 1. The zero-order valence-corrected chi connectivity index (χ0v) is 8.19.